The molecule has 1 unspecified atom stereocenters. The Bertz CT molecular complexity index is 795. The molecule has 1 aromatic rings. The summed E-state index contributed by atoms with van der Waals surface area (Å²) in [6.07, 6.45) is -7.83. The second kappa shape index (κ2) is 8.03. The SMILES string of the molecule is O=S(/C=C/C=C(\F)C(F)(F)C(F)(F)C(F)(F)C(F)(F)C(F)(F)F)c1ccccc1. The third-order valence-electron chi connectivity index (χ3n) is 3.26. The van der Waals surface area contributed by atoms with Crippen molar-refractivity contribution in [3.63, 3.8) is 0 Å². The minimum absolute atomic E-state index is 0.0333. The van der Waals surface area contributed by atoms with Crippen LogP contribution in [0.15, 0.2) is 58.6 Å². The van der Waals surface area contributed by atoms with E-state index in [1.165, 1.54) is 30.3 Å². The van der Waals surface area contributed by atoms with E-state index in [4.69, 9.17) is 0 Å². The lowest BCUT2D eigenvalue weighted by atomic mass is 9.97. The molecule has 14 heteroatoms. The Balaban J connectivity index is 3.22. The van der Waals surface area contributed by atoms with Crippen LogP contribution in [0.5, 0.6) is 0 Å². The third-order valence-corrected chi connectivity index (χ3v) is 4.40. The zero-order valence-corrected chi connectivity index (χ0v) is 14.3. The number of halogens is 12. The summed E-state index contributed by atoms with van der Waals surface area (Å²) in [6.45, 7) is 0. The monoisotopic (exact) mass is 464 g/mol. The van der Waals surface area contributed by atoms with E-state index in [9.17, 15) is 56.9 Å². The van der Waals surface area contributed by atoms with Crippen molar-refractivity contribution in [2.24, 2.45) is 0 Å². The van der Waals surface area contributed by atoms with Crippen LogP contribution in [0.3, 0.4) is 0 Å². The molecule has 0 aromatic heterocycles. The maximum Gasteiger partial charge on any atom is 0.460 e. The van der Waals surface area contributed by atoms with Gasteiger partial charge in [0.15, 0.2) is 5.83 Å². The van der Waals surface area contributed by atoms with Crippen molar-refractivity contribution < 1.29 is 56.9 Å². The Morgan fingerprint density at radius 1 is 0.759 bits per heavy atom. The molecule has 0 N–H and O–H groups in total. The average Bonchev–Trinajstić information content (AvgIpc) is 2.60. The van der Waals surface area contributed by atoms with Gasteiger partial charge in [-0.2, -0.15) is 48.3 Å². The van der Waals surface area contributed by atoms with Crippen molar-refractivity contribution >= 4 is 10.8 Å². The van der Waals surface area contributed by atoms with E-state index in [1.807, 2.05) is 0 Å². The zero-order chi connectivity index (χ0) is 22.9. The molecule has 0 bridgehead atoms. The maximum absolute atomic E-state index is 13.4. The first-order valence-corrected chi connectivity index (χ1v) is 8.20. The molecule has 1 nitrogen and oxygen atoms in total. The fourth-order valence-corrected chi connectivity index (χ4v) is 2.46. The topological polar surface area (TPSA) is 17.1 Å². The highest BCUT2D eigenvalue weighted by Gasteiger charge is 2.87. The molecular weight excluding hydrogens is 456 g/mol. The lowest BCUT2D eigenvalue weighted by Crippen LogP contribution is -2.66. The summed E-state index contributed by atoms with van der Waals surface area (Å²) in [7, 11) is -2.13. The highest BCUT2D eigenvalue weighted by Crippen LogP contribution is 2.58. The van der Waals surface area contributed by atoms with Gasteiger partial charge < -0.3 is 0 Å². The molecule has 0 amide bonds. The zero-order valence-electron chi connectivity index (χ0n) is 13.5. The Morgan fingerprint density at radius 2 is 1.24 bits per heavy atom. The quantitative estimate of drug-likeness (QED) is 0.344. The largest absolute Gasteiger partial charge is 0.460 e. The van der Waals surface area contributed by atoms with Gasteiger partial charge in [0.1, 0.15) is 0 Å². The van der Waals surface area contributed by atoms with E-state index in [0.717, 1.165) is 0 Å². The summed E-state index contributed by atoms with van der Waals surface area (Å²) >= 11 is 0. The first kappa shape index (κ1) is 25.0. The number of alkyl halides is 11. The van der Waals surface area contributed by atoms with Crippen LogP contribution in [0.1, 0.15) is 0 Å². The number of hydrogen-bond donors (Lipinski definition) is 0. The summed E-state index contributed by atoms with van der Waals surface area (Å²) in [5, 5.41) is 0.450. The van der Waals surface area contributed by atoms with Gasteiger partial charge in [0, 0.05) is 10.3 Å². The van der Waals surface area contributed by atoms with E-state index >= 15 is 0 Å². The second-order valence-electron chi connectivity index (χ2n) is 5.25. The lowest BCUT2D eigenvalue weighted by molar-refractivity contribution is -0.419. The van der Waals surface area contributed by atoms with Crippen molar-refractivity contribution in [2.75, 3.05) is 0 Å². The second-order valence-corrected chi connectivity index (χ2v) is 6.59. The molecular formula is C15H8F12OS. The molecule has 0 aliphatic heterocycles. The average molecular weight is 464 g/mol. The minimum atomic E-state index is -7.70. The van der Waals surface area contributed by atoms with Gasteiger partial charge in [-0.15, -0.1) is 0 Å². The van der Waals surface area contributed by atoms with Gasteiger partial charge >= 0.3 is 29.9 Å². The van der Waals surface area contributed by atoms with Crippen molar-refractivity contribution in [3.8, 4) is 0 Å². The van der Waals surface area contributed by atoms with E-state index in [0.29, 0.717) is 5.41 Å². The van der Waals surface area contributed by atoms with Crippen molar-refractivity contribution in [1.29, 1.82) is 0 Å². The van der Waals surface area contributed by atoms with Gasteiger partial charge in [-0.1, -0.05) is 24.3 Å². The fraction of sp³-hybridized carbons (Fsp3) is 0.333. The first-order valence-electron chi connectivity index (χ1n) is 6.99. The van der Waals surface area contributed by atoms with Crippen molar-refractivity contribution in [2.45, 2.75) is 34.8 Å². The smallest absolute Gasteiger partial charge is 0.250 e. The molecule has 0 saturated carbocycles. The van der Waals surface area contributed by atoms with Crippen LogP contribution in [0.2, 0.25) is 0 Å². The van der Waals surface area contributed by atoms with Gasteiger partial charge in [-0.25, -0.2) is 8.60 Å². The number of benzene rings is 1. The van der Waals surface area contributed by atoms with Gasteiger partial charge in [0.05, 0.1) is 10.8 Å². The van der Waals surface area contributed by atoms with Crippen molar-refractivity contribution in [3.05, 3.63) is 53.7 Å². The van der Waals surface area contributed by atoms with Crippen LogP contribution in [-0.2, 0) is 10.8 Å². The first-order chi connectivity index (χ1) is 12.9. The molecule has 0 aliphatic carbocycles. The molecule has 0 fully saturated rings. The predicted octanol–water partition coefficient (Wildman–Crippen LogP) is 6.26. The molecule has 0 spiro atoms. The molecule has 0 heterocycles. The van der Waals surface area contributed by atoms with Gasteiger partial charge in [0.2, 0.25) is 0 Å². The summed E-state index contributed by atoms with van der Waals surface area (Å²) < 4.78 is 166. The molecule has 1 aromatic carbocycles. The van der Waals surface area contributed by atoms with E-state index in [1.54, 1.807) is 0 Å². The summed E-state index contributed by atoms with van der Waals surface area (Å²) in [4.78, 5) is 0.0333. The van der Waals surface area contributed by atoms with Crippen LogP contribution >= 0.6 is 0 Å². The van der Waals surface area contributed by atoms with E-state index in [2.05, 4.69) is 0 Å². The molecule has 1 atom stereocenters. The number of allylic oxidation sites excluding steroid dienone is 3. The minimum Gasteiger partial charge on any atom is -0.250 e. The lowest BCUT2D eigenvalue weighted by Gasteiger charge is -2.36. The van der Waals surface area contributed by atoms with Gasteiger partial charge in [0.25, 0.3) is 0 Å². The van der Waals surface area contributed by atoms with E-state index < -0.39 is 52.6 Å². The van der Waals surface area contributed by atoms with E-state index in [-0.39, 0.29) is 11.0 Å². The Kier molecular flexibility index (Phi) is 6.94. The molecule has 0 aliphatic rings. The fourth-order valence-electron chi connectivity index (χ4n) is 1.66. The standard InChI is InChI=1S/C15H8F12OS/c16-10(7-4-8-29(28)9-5-2-1-3-6-9)11(17,18)12(19,20)13(21,22)14(23,24)15(25,26)27/h1-8H/b8-4+,10-7-. The van der Waals surface area contributed by atoms with Crippen LogP contribution in [0.4, 0.5) is 52.7 Å². The Morgan fingerprint density at radius 3 is 1.69 bits per heavy atom. The van der Waals surface area contributed by atoms with Crippen molar-refractivity contribution in [1.82, 2.24) is 0 Å². The molecule has 0 radical (unpaired) electrons. The van der Waals surface area contributed by atoms with Gasteiger partial charge in [-0.3, -0.25) is 0 Å². The molecule has 0 saturated heterocycles. The Hall–Kier alpha value is -1.99. The summed E-state index contributed by atoms with van der Waals surface area (Å²) in [5.74, 6) is -33.0. The predicted molar refractivity (Wildman–Crippen MR) is 77.0 cm³/mol. The normalized spacial score (nSPS) is 16.3. The summed E-state index contributed by atoms with van der Waals surface area (Å²) in [5.41, 5.74) is 0. The molecule has 29 heavy (non-hydrogen) atoms. The van der Waals surface area contributed by atoms with Crippen LogP contribution in [0, 0.1) is 0 Å². The van der Waals surface area contributed by atoms with Crippen LogP contribution < -0.4 is 0 Å². The Labute approximate surface area is 157 Å². The van der Waals surface area contributed by atoms with Crippen LogP contribution in [0.25, 0.3) is 0 Å². The van der Waals surface area contributed by atoms with Crippen LogP contribution in [-0.4, -0.2) is 34.1 Å². The number of hydrogen-bond acceptors (Lipinski definition) is 1. The highest BCUT2D eigenvalue weighted by molar-refractivity contribution is 7.88. The molecule has 1 rings (SSSR count). The maximum atomic E-state index is 13.4. The summed E-state index contributed by atoms with van der Waals surface area (Å²) in [6, 6.07) is 6.76. The van der Waals surface area contributed by atoms with Gasteiger partial charge in [-0.05, 0) is 18.2 Å². The third kappa shape index (κ3) is 4.46. The molecule has 164 valence electrons. The number of rotatable bonds is 7. The highest BCUT2D eigenvalue weighted by atomic mass is 32.2.